The van der Waals surface area contributed by atoms with Crippen LogP contribution in [0.1, 0.15) is 36.3 Å². The van der Waals surface area contributed by atoms with Crippen molar-refractivity contribution in [3.05, 3.63) is 28.6 Å². The average molecular weight is 334 g/mol. The van der Waals surface area contributed by atoms with E-state index in [2.05, 4.69) is 20.4 Å². The van der Waals surface area contributed by atoms with Crippen molar-refractivity contribution in [1.29, 1.82) is 0 Å². The fourth-order valence-electron chi connectivity index (χ4n) is 3.07. The molecule has 6 nitrogen and oxygen atoms in total. The molecule has 0 saturated carbocycles. The molecule has 1 aliphatic rings. The van der Waals surface area contributed by atoms with Crippen LogP contribution in [0, 0.1) is 13.8 Å². The summed E-state index contributed by atoms with van der Waals surface area (Å²) in [6.07, 6.45) is 5.22. The van der Waals surface area contributed by atoms with Gasteiger partial charge >= 0.3 is 0 Å². The van der Waals surface area contributed by atoms with Gasteiger partial charge in [0.25, 0.3) is 0 Å². The summed E-state index contributed by atoms with van der Waals surface area (Å²) in [6, 6.07) is 0.351. The van der Waals surface area contributed by atoms with Crippen LogP contribution in [0.4, 0.5) is 5.13 Å². The molecule has 0 bridgehead atoms. The van der Waals surface area contributed by atoms with Crippen molar-refractivity contribution in [3.63, 3.8) is 0 Å². The van der Waals surface area contributed by atoms with E-state index in [1.807, 2.05) is 25.4 Å². The third-order valence-electron chi connectivity index (χ3n) is 4.36. The lowest BCUT2D eigenvalue weighted by molar-refractivity contribution is -0.121. The predicted molar refractivity (Wildman–Crippen MR) is 89.8 cm³/mol. The molecule has 0 aliphatic carbocycles. The van der Waals surface area contributed by atoms with Gasteiger partial charge in [0.1, 0.15) is 5.76 Å². The van der Waals surface area contributed by atoms with Crippen LogP contribution in [-0.4, -0.2) is 35.2 Å². The van der Waals surface area contributed by atoms with Crippen molar-refractivity contribution in [2.75, 3.05) is 18.0 Å². The Morgan fingerprint density at radius 3 is 3.09 bits per heavy atom. The topological polar surface area (TPSA) is 71.3 Å². The summed E-state index contributed by atoms with van der Waals surface area (Å²) >= 11 is 1.65. The van der Waals surface area contributed by atoms with Gasteiger partial charge in [-0.1, -0.05) is 5.16 Å². The Balaban J connectivity index is 1.47. The minimum absolute atomic E-state index is 0.0796. The van der Waals surface area contributed by atoms with E-state index in [9.17, 15) is 4.79 Å². The molecule has 2 aromatic heterocycles. The van der Waals surface area contributed by atoms with Gasteiger partial charge in [-0.2, -0.15) is 0 Å². The molecule has 23 heavy (non-hydrogen) atoms. The van der Waals surface area contributed by atoms with Gasteiger partial charge in [0, 0.05) is 42.7 Å². The van der Waals surface area contributed by atoms with E-state index in [4.69, 9.17) is 4.52 Å². The third kappa shape index (κ3) is 3.72. The van der Waals surface area contributed by atoms with Crippen LogP contribution in [0.3, 0.4) is 0 Å². The smallest absolute Gasteiger partial charge is 0.220 e. The predicted octanol–water partition coefficient (Wildman–Crippen LogP) is 2.47. The molecule has 0 aromatic carbocycles. The largest absolute Gasteiger partial charge is 0.361 e. The number of nitrogens with one attached hydrogen (secondary N) is 1. The number of amides is 1. The first-order valence-electron chi connectivity index (χ1n) is 7.99. The summed E-state index contributed by atoms with van der Waals surface area (Å²) < 4.78 is 5.13. The Hall–Kier alpha value is -1.89. The lowest BCUT2D eigenvalue weighted by atomic mass is 10.1. The second-order valence-electron chi connectivity index (χ2n) is 5.91. The summed E-state index contributed by atoms with van der Waals surface area (Å²) in [5, 5.41) is 10.0. The highest BCUT2D eigenvalue weighted by molar-refractivity contribution is 7.13. The van der Waals surface area contributed by atoms with Crippen molar-refractivity contribution in [3.8, 4) is 0 Å². The summed E-state index contributed by atoms with van der Waals surface area (Å²) in [5.41, 5.74) is 1.92. The van der Waals surface area contributed by atoms with Crippen LogP contribution in [-0.2, 0) is 11.2 Å². The van der Waals surface area contributed by atoms with Crippen LogP contribution in [0.25, 0.3) is 0 Å². The van der Waals surface area contributed by atoms with Gasteiger partial charge in [0.05, 0.1) is 5.69 Å². The van der Waals surface area contributed by atoms with Gasteiger partial charge in [-0.15, -0.1) is 11.3 Å². The Bertz CT molecular complexity index is 634. The zero-order chi connectivity index (χ0) is 16.2. The molecule has 3 rings (SSSR count). The lowest BCUT2D eigenvalue weighted by Crippen LogP contribution is -2.40. The second kappa shape index (κ2) is 7.12. The highest BCUT2D eigenvalue weighted by Gasteiger charge is 2.26. The lowest BCUT2D eigenvalue weighted by Gasteiger charge is -2.24. The zero-order valence-corrected chi connectivity index (χ0v) is 14.4. The van der Waals surface area contributed by atoms with Gasteiger partial charge in [0.2, 0.25) is 5.91 Å². The quantitative estimate of drug-likeness (QED) is 0.879. The number of carbonyl (C=O) groups is 1. The number of aromatic nitrogens is 2. The van der Waals surface area contributed by atoms with Crippen LogP contribution in [0.5, 0.6) is 0 Å². The molecule has 1 unspecified atom stereocenters. The fourth-order valence-corrected chi connectivity index (χ4v) is 3.82. The standard InChI is InChI=1S/C16H22N4O2S/c1-11-14(12(2)22-19-11)5-6-15(21)18-10-13-4-3-8-20(13)16-17-7-9-23-16/h7,9,13H,3-6,8,10H2,1-2H3,(H,18,21). The molecule has 0 radical (unpaired) electrons. The molecule has 1 amide bonds. The minimum Gasteiger partial charge on any atom is -0.361 e. The van der Waals surface area contributed by atoms with Crippen LogP contribution >= 0.6 is 11.3 Å². The third-order valence-corrected chi connectivity index (χ3v) is 5.17. The highest BCUT2D eigenvalue weighted by Crippen LogP contribution is 2.26. The van der Waals surface area contributed by atoms with Crippen molar-refractivity contribution in [2.24, 2.45) is 0 Å². The maximum absolute atomic E-state index is 12.1. The molecule has 3 heterocycles. The Kier molecular flexibility index (Phi) is 4.95. The Labute approximate surface area is 139 Å². The number of aryl methyl sites for hydroxylation is 2. The Morgan fingerprint density at radius 2 is 2.39 bits per heavy atom. The first-order valence-corrected chi connectivity index (χ1v) is 8.87. The number of thiazole rings is 1. The van der Waals surface area contributed by atoms with Gasteiger partial charge in [-0.25, -0.2) is 4.98 Å². The van der Waals surface area contributed by atoms with E-state index < -0.39 is 0 Å². The summed E-state index contributed by atoms with van der Waals surface area (Å²) in [5.74, 6) is 0.886. The number of anilines is 1. The van der Waals surface area contributed by atoms with Crippen LogP contribution < -0.4 is 10.2 Å². The first-order chi connectivity index (χ1) is 11.1. The van der Waals surface area contributed by atoms with Gasteiger partial charge < -0.3 is 14.7 Å². The molecule has 1 aliphatic heterocycles. The number of hydrogen-bond acceptors (Lipinski definition) is 6. The molecule has 1 saturated heterocycles. The molecule has 1 N–H and O–H groups in total. The number of rotatable bonds is 6. The van der Waals surface area contributed by atoms with Crippen molar-refractivity contribution in [1.82, 2.24) is 15.5 Å². The first kappa shape index (κ1) is 16.0. The minimum atomic E-state index is 0.0796. The molecule has 0 spiro atoms. The molecular weight excluding hydrogens is 312 g/mol. The Morgan fingerprint density at radius 1 is 1.52 bits per heavy atom. The number of hydrogen-bond donors (Lipinski definition) is 1. The molecular formula is C16H22N4O2S. The monoisotopic (exact) mass is 334 g/mol. The van der Waals surface area contributed by atoms with Gasteiger partial charge in [-0.05, 0) is 33.1 Å². The SMILES string of the molecule is Cc1noc(C)c1CCC(=O)NCC1CCCN1c1nccs1. The average Bonchev–Trinajstić information content (AvgIpc) is 3.25. The number of carbonyl (C=O) groups excluding carboxylic acids is 1. The van der Waals surface area contributed by atoms with Crippen molar-refractivity contribution >= 4 is 22.4 Å². The molecule has 124 valence electrons. The van der Waals surface area contributed by atoms with E-state index in [1.54, 1.807) is 11.3 Å². The van der Waals surface area contributed by atoms with Crippen LogP contribution in [0.2, 0.25) is 0 Å². The normalized spacial score (nSPS) is 17.7. The van der Waals surface area contributed by atoms with E-state index in [-0.39, 0.29) is 5.91 Å². The van der Waals surface area contributed by atoms with E-state index in [0.717, 1.165) is 41.5 Å². The zero-order valence-electron chi connectivity index (χ0n) is 13.5. The summed E-state index contributed by atoms with van der Waals surface area (Å²) in [4.78, 5) is 18.8. The van der Waals surface area contributed by atoms with Crippen molar-refractivity contribution in [2.45, 2.75) is 45.6 Å². The molecule has 7 heteroatoms. The summed E-state index contributed by atoms with van der Waals surface area (Å²) in [6.45, 7) is 5.50. The molecule has 1 atom stereocenters. The van der Waals surface area contributed by atoms with E-state index in [1.165, 1.54) is 0 Å². The second-order valence-corrected chi connectivity index (χ2v) is 6.78. The fraction of sp³-hybridized carbons (Fsp3) is 0.562. The highest BCUT2D eigenvalue weighted by atomic mass is 32.1. The number of nitrogens with zero attached hydrogens (tertiary/aromatic N) is 3. The summed E-state index contributed by atoms with van der Waals surface area (Å²) in [7, 11) is 0. The van der Waals surface area contributed by atoms with Crippen molar-refractivity contribution < 1.29 is 9.32 Å². The van der Waals surface area contributed by atoms with E-state index >= 15 is 0 Å². The van der Waals surface area contributed by atoms with E-state index in [0.29, 0.717) is 25.4 Å². The van der Waals surface area contributed by atoms with Crippen LogP contribution in [0.15, 0.2) is 16.1 Å². The molecule has 2 aromatic rings. The van der Waals surface area contributed by atoms with Gasteiger partial charge in [0.15, 0.2) is 5.13 Å². The van der Waals surface area contributed by atoms with Gasteiger partial charge in [-0.3, -0.25) is 4.79 Å². The molecule has 1 fully saturated rings. The maximum atomic E-state index is 12.1. The maximum Gasteiger partial charge on any atom is 0.220 e.